The number of carbonyl (C=O) groups is 1. The van der Waals surface area contributed by atoms with Crippen molar-refractivity contribution in [1.29, 1.82) is 0 Å². The number of aliphatic hydroxyl groups excluding tert-OH is 2. The van der Waals surface area contributed by atoms with Gasteiger partial charge in [0.1, 0.15) is 0 Å². The molecule has 5 nitrogen and oxygen atoms in total. The van der Waals surface area contributed by atoms with Crippen LogP contribution in [0.25, 0.3) is 0 Å². The zero-order valence-corrected chi connectivity index (χ0v) is 22.2. The zero-order chi connectivity index (χ0) is 25.1. The van der Waals surface area contributed by atoms with E-state index >= 15 is 0 Å². The SMILES string of the molecule is CC1(C)CCC2(C(=O)O)CC[C@@]3(C)C4CCC5C(C)(C)[C@@H](O)CC[C@]5(C)C4CC(O)C3(O)C2C1. The summed E-state index contributed by atoms with van der Waals surface area (Å²) in [7, 11) is 0. The molecule has 0 heterocycles. The molecule has 0 radical (unpaired) electrons. The van der Waals surface area contributed by atoms with Gasteiger partial charge in [-0.05, 0) is 98.2 Å². The Kier molecular flexibility index (Phi) is 5.31. The van der Waals surface area contributed by atoms with E-state index in [-0.39, 0.29) is 34.2 Å². The molecular weight excluding hydrogens is 428 g/mol. The Morgan fingerprint density at radius 2 is 1.41 bits per heavy atom. The maximum atomic E-state index is 12.8. The fourth-order valence-corrected chi connectivity index (χ4v) is 10.8. The molecule has 0 aliphatic heterocycles. The molecule has 5 aliphatic rings. The number of rotatable bonds is 1. The van der Waals surface area contributed by atoms with Crippen LogP contribution in [-0.4, -0.2) is 44.2 Å². The summed E-state index contributed by atoms with van der Waals surface area (Å²) in [6.07, 6.45) is 6.46. The smallest absolute Gasteiger partial charge is 0.310 e. The summed E-state index contributed by atoms with van der Waals surface area (Å²) in [5.41, 5.74) is -2.99. The van der Waals surface area contributed by atoms with Gasteiger partial charge in [-0.15, -0.1) is 0 Å². The van der Waals surface area contributed by atoms with Crippen molar-refractivity contribution in [2.45, 2.75) is 124 Å². The normalized spacial score (nSPS) is 55.8. The summed E-state index contributed by atoms with van der Waals surface area (Å²) in [6, 6.07) is 0. The molecule has 5 saturated carbocycles. The molecule has 5 heteroatoms. The van der Waals surface area contributed by atoms with Gasteiger partial charge in [0, 0.05) is 11.3 Å². The zero-order valence-electron chi connectivity index (χ0n) is 22.2. The van der Waals surface area contributed by atoms with Crippen LogP contribution in [0.4, 0.5) is 0 Å². The summed E-state index contributed by atoms with van der Waals surface area (Å²) in [5.74, 6) is -0.262. The van der Waals surface area contributed by atoms with Gasteiger partial charge in [-0.1, -0.05) is 41.5 Å². The Hall–Kier alpha value is -0.650. The van der Waals surface area contributed by atoms with Gasteiger partial charge in [-0.3, -0.25) is 4.79 Å². The van der Waals surface area contributed by atoms with Gasteiger partial charge in [-0.25, -0.2) is 0 Å². The number of aliphatic carboxylic acids is 1. The quantitative estimate of drug-likeness (QED) is 0.426. The molecule has 0 spiro atoms. The molecule has 7 unspecified atom stereocenters. The van der Waals surface area contributed by atoms with Crippen LogP contribution in [0.5, 0.6) is 0 Å². The van der Waals surface area contributed by atoms with E-state index < -0.39 is 34.4 Å². The van der Waals surface area contributed by atoms with Crippen molar-refractivity contribution >= 4 is 5.97 Å². The highest BCUT2D eigenvalue weighted by Crippen LogP contribution is 2.74. The van der Waals surface area contributed by atoms with Crippen molar-refractivity contribution < 1.29 is 25.2 Å². The van der Waals surface area contributed by atoms with Gasteiger partial charge in [0.25, 0.3) is 0 Å². The average Bonchev–Trinajstić information content (AvgIpc) is 2.74. The molecular formula is C29H48O5. The van der Waals surface area contributed by atoms with Crippen molar-refractivity contribution in [2.24, 2.45) is 50.7 Å². The second-order valence-electron chi connectivity index (χ2n) is 15.1. The van der Waals surface area contributed by atoms with Crippen LogP contribution in [0.2, 0.25) is 0 Å². The minimum Gasteiger partial charge on any atom is -0.481 e. The molecule has 0 aromatic carbocycles. The average molecular weight is 477 g/mol. The number of fused-ring (bicyclic) bond motifs is 7. The molecule has 34 heavy (non-hydrogen) atoms. The van der Waals surface area contributed by atoms with E-state index in [1.165, 1.54) is 0 Å². The van der Waals surface area contributed by atoms with Gasteiger partial charge >= 0.3 is 5.97 Å². The summed E-state index contributed by atoms with van der Waals surface area (Å²) < 4.78 is 0. The Morgan fingerprint density at radius 1 is 0.765 bits per heavy atom. The van der Waals surface area contributed by atoms with Crippen LogP contribution < -0.4 is 0 Å². The largest absolute Gasteiger partial charge is 0.481 e. The van der Waals surface area contributed by atoms with Crippen LogP contribution in [0.3, 0.4) is 0 Å². The molecule has 5 aliphatic carbocycles. The molecule has 0 aromatic rings. The van der Waals surface area contributed by atoms with Gasteiger partial charge in [0.15, 0.2) is 0 Å². The predicted molar refractivity (Wildman–Crippen MR) is 131 cm³/mol. The summed E-state index contributed by atoms with van der Waals surface area (Å²) >= 11 is 0. The highest BCUT2D eigenvalue weighted by Gasteiger charge is 2.75. The van der Waals surface area contributed by atoms with E-state index in [1.54, 1.807) is 0 Å². The second kappa shape index (κ2) is 7.22. The van der Waals surface area contributed by atoms with Gasteiger partial charge in [0.2, 0.25) is 0 Å². The fourth-order valence-electron chi connectivity index (χ4n) is 10.8. The van der Waals surface area contributed by atoms with E-state index in [1.807, 2.05) is 0 Å². The highest BCUT2D eigenvalue weighted by molar-refractivity contribution is 5.76. The minimum absolute atomic E-state index is 0.0180. The highest BCUT2D eigenvalue weighted by atomic mass is 16.4. The van der Waals surface area contributed by atoms with Gasteiger partial charge in [0.05, 0.1) is 23.2 Å². The maximum Gasteiger partial charge on any atom is 0.310 e. The molecule has 0 aromatic heterocycles. The molecule has 5 fully saturated rings. The third-order valence-electron chi connectivity index (χ3n) is 13.0. The number of carboxylic acids is 1. The fraction of sp³-hybridized carbons (Fsp3) is 0.966. The summed E-state index contributed by atoms with van der Waals surface area (Å²) in [4.78, 5) is 12.8. The van der Waals surface area contributed by atoms with E-state index in [0.717, 1.165) is 32.1 Å². The lowest BCUT2D eigenvalue weighted by atomic mass is 9.33. The molecule has 0 amide bonds. The van der Waals surface area contributed by atoms with Crippen LogP contribution in [0.15, 0.2) is 0 Å². The van der Waals surface area contributed by atoms with Crippen LogP contribution in [0.1, 0.15) is 106 Å². The van der Waals surface area contributed by atoms with Gasteiger partial charge in [-0.2, -0.15) is 0 Å². The first-order chi connectivity index (χ1) is 15.6. The number of hydrogen-bond acceptors (Lipinski definition) is 4. The molecule has 194 valence electrons. The molecule has 0 bridgehead atoms. The Labute approximate surface area is 205 Å². The van der Waals surface area contributed by atoms with Crippen molar-refractivity contribution in [3.05, 3.63) is 0 Å². The summed E-state index contributed by atoms with van der Waals surface area (Å²) in [5, 5.41) is 45.8. The van der Waals surface area contributed by atoms with Crippen LogP contribution >= 0.6 is 0 Å². The first kappa shape index (κ1) is 25.0. The van der Waals surface area contributed by atoms with Crippen LogP contribution in [-0.2, 0) is 4.79 Å². The topological polar surface area (TPSA) is 98.0 Å². The lowest BCUT2D eigenvalue weighted by Crippen LogP contribution is -2.76. The molecule has 10 atom stereocenters. The number of aliphatic hydroxyl groups is 3. The van der Waals surface area contributed by atoms with Crippen molar-refractivity contribution in [2.75, 3.05) is 0 Å². The lowest BCUT2D eigenvalue weighted by Gasteiger charge is -2.72. The van der Waals surface area contributed by atoms with E-state index in [2.05, 4.69) is 41.5 Å². The standard InChI is InChI=1S/C29H48O5/c1-24(2)11-13-28(23(32)33)14-12-27(6)17-7-8-19-25(3,4)21(30)9-10-26(19,5)18(17)15-22(31)29(27,34)20(28)16-24/h17-22,30-31,34H,7-16H2,1-6H3,(H,32,33)/t17?,18?,19?,20?,21-,22?,26+,27-,28?,29?/m0/s1. The molecule has 0 saturated heterocycles. The third-order valence-corrected chi connectivity index (χ3v) is 13.0. The number of carboxylic acid groups (broad SMARTS) is 1. The van der Waals surface area contributed by atoms with E-state index in [4.69, 9.17) is 0 Å². The van der Waals surface area contributed by atoms with E-state index in [0.29, 0.717) is 38.0 Å². The Morgan fingerprint density at radius 3 is 2.06 bits per heavy atom. The monoisotopic (exact) mass is 476 g/mol. The maximum absolute atomic E-state index is 12.8. The van der Waals surface area contributed by atoms with Crippen molar-refractivity contribution in [1.82, 2.24) is 0 Å². The first-order valence-electron chi connectivity index (χ1n) is 13.9. The minimum atomic E-state index is -1.38. The Bertz CT molecular complexity index is 867. The summed E-state index contributed by atoms with van der Waals surface area (Å²) in [6.45, 7) is 13.4. The van der Waals surface area contributed by atoms with Crippen molar-refractivity contribution in [3.63, 3.8) is 0 Å². The van der Waals surface area contributed by atoms with Crippen molar-refractivity contribution in [3.8, 4) is 0 Å². The second-order valence-corrected chi connectivity index (χ2v) is 15.1. The Balaban J connectivity index is 1.59. The van der Waals surface area contributed by atoms with E-state index in [9.17, 15) is 25.2 Å². The molecule has 4 N–H and O–H groups in total. The predicted octanol–water partition coefficient (Wildman–Crippen LogP) is 5.01. The molecule has 5 rings (SSSR count). The number of hydrogen-bond donors (Lipinski definition) is 4. The van der Waals surface area contributed by atoms with Crippen LogP contribution in [0, 0.1) is 50.7 Å². The third kappa shape index (κ3) is 2.87. The lowest BCUT2D eigenvalue weighted by molar-refractivity contribution is -0.317. The first-order valence-corrected chi connectivity index (χ1v) is 13.9. The van der Waals surface area contributed by atoms with Gasteiger partial charge < -0.3 is 20.4 Å².